The first-order chi connectivity index (χ1) is 27.7. The molecule has 0 spiro atoms. The predicted octanol–water partition coefficient (Wildman–Crippen LogP) is 4.52. The van der Waals surface area contributed by atoms with E-state index in [0.29, 0.717) is 33.0 Å². The molecule has 3 saturated heterocycles. The number of ketones is 1. The van der Waals surface area contributed by atoms with Crippen LogP contribution in [0.2, 0.25) is 0 Å². The molecule has 4 unspecified atom stereocenters. The number of halogens is 2. The maximum atomic E-state index is 16.5. The van der Waals surface area contributed by atoms with Gasteiger partial charge in [-0.3, -0.25) is 37.0 Å². The summed E-state index contributed by atoms with van der Waals surface area (Å²) in [5.41, 5.74) is 8.58. The van der Waals surface area contributed by atoms with Gasteiger partial charge < -0.3 is 20.1 Å². The van der Waals surface area contributed by atoms with Crippen molar-refractivity contribution in [3.63, 3.8) is 0 Å². The van der Waals surface area contributed by atoms with Gasteiger partial charge in [0.2, 0.25) is 5.91 Å². The Morgan fingerprint density at radius 3 is 2.33 bits per heavy atom. The third kappa shape index (κ3) is 8.03. The lowest BCUT2D eigenvalue weighted by Crippen LogP contribution is -2.49. The van der Waals surface area contributed by atoms with Gasteiger partial charge in [-0.15, -0.1) is 0 Å². The van der Waals surface area contributed by atoms with Crippen molar-refractivity contribution in [2.75, 3.05) is 18.9 Å². The number of hydrogen-bond donors (Lipinski definition) is 2. The Labute approximate surface area is 331 Å². The number of carbonyl (C=O) groups is 3. The van der Waals surface area contributed by atoms with Crippen LogP contribution in [0.3, 0.4) is 0 Å². The number of carbonyl (C=O) groups excluding carboxylic acids is 3. The fourth-order valence-electron chi connectivity index (χ4n) is 6.76. The number of hydrogen-bond acceptors (Lipinski definition) is 16. The van der Waals surface area contributed by atoms with Crippen LogP contribution in [0.4, 0.5) is 14.6 Å². The van der Waals surface area contributed by atoms with Crippen molar-refractivity contribution in [2.24, 2.45) is 0 Å². The van der Waals surface area contributed by atoms with E-state index in [9.17, 15) is 28.4 Å². The van der Waals surface area contributed by atoms with Crippen molar-refractivity contribution in [2.45, 2.75) is 68.3 Å². The number of nitrogens with two attached hydrogens (primary N) is 1. The zero-order valence-electron chi connectivity index (χ0n) is 30.2. The number of anilines is 1. The second kappa shape index (κ2) is 16.1. The van der Waals surface area contributed by atoms with Crippen LogP contribution in [0.15, 0.2) is 73.3 Å². The number of aromatic nitrogens is 4. The molecule has 4 aliphatic heterocycles. The van der Waals surface area contributed by atoms with Crippen LogP contribution >= 0.6 is 26.0 Å². The van der Waals surface area contributed by atoms with Crippen LogP contribution in [0, 0.1) is 6.92 Å². The summed E-state index contributed by atoms with van der Waals surface area (Å²) in [5.74, 6) is -2.05. The zero-order valence-corrected chi connectivity index (χ0v) is 32.8. The number of aryl methyl sites for hydroxylation is 1. The first-order valence-corrected chi connectivity index (χ1v) is 22.3. The SMILES string of the molecule is Cc1ccc(C(=O)c2ccc(CSP3(=O)OC[C@H]4OC(N5C(=O)C=CCC5=O)[C@H](F)[C@@H]4OP(=O)(O)OC[C@H]4OC(n5cnc6c(N)ncnc65)[C@H](O3)[C@@H]4F)cc2)cc1. The van der Waals surface area contributed by atoms with E-state index >= 15 is 8.78 Å². The molecule has 8 rings (SSSR count). The largest absolute Gasteiger partial charge is 0.472 e. The molecule has 6 heterocycles. The third-order valence-electron chi connectivity index (χ3n) is 9.73. The number of fused-ring (bicyclic) bond motifs is 4. The molecule has 4 aliphatic rings. The zero-order chi connectivity index (χ0) is 40.9. The van der Waals surface area contributed by atoms with Crippen LogP contribution in [0.5, 0.6) is 0 Å². The van der Waals surface area contributed by atoms with E-state index in [-0.39, 0.29) is 34.9 Å². The van der Waals surface area contributed by atoms with Crippen LogP contribution in [0.25, 0.3) is 11.2 Å². The van der Waals surface area contributed by atoms with Crippen molar-refractivity contribution in [3.8, 4) is 0 Å². The van der Waals surface area contributed by atoms with Crippen molar-refractivity contribution >= 4 is 60.6 Å². The van der Waals surface area contributed by atoms with Gasteiger partial charge in [-0.05, 0) is 23.9 Å². The average Bonchev–Trinajstić information content (AvgIpc) is 3.86. The first-order valence-electron chi connectivity index (χ1n) is 17.7. The topological polar surface area (TPSA) is 234 Å². The van der Waals surface area contributed by atoms with E-state index in [1.165, 1.54) is 17.0 Å². The van der Waals surface area contributed by atoms with E-state index in [2.05, 4.69) is 15.0 Å². The highest BCUT2D eigenvalue weighted by Gasteiger charge is 2.56. The lowest BCUT2D eigenvalue weighted by Gasteiger charge is -2.29. The number of alkyl halides is 2. The van der Waals surface area contributed by atoms with Gasteiger partial charge in [0.1, 0.15) is 36.3 Å². The van der Waals surface area contributed by atoms with Gasteiger partial charge in [0.05, 0.1) is 19.5 Å². The Hall–Kier alpha value is -4.27. The molecule has 3 N–H and O–H groups in total. The minimum absolute atomic E-state index is 0.00730. The molecule has 23 heteroatoms. The number of phosphoric ester groups is 1. The summed E-state index contributed by atoms with van der Waals surface area (Å²) in [4.78, 5) is 61.9. The highest BCUT2D eigenvalue weighted by molar-refractivity contribution is 8.54. The molecule has 2 aromatic carbocycles. The lowest BCUT2D eigenvalue weighted by molar-refractivity contribution is -0.161. The standard InChI is InChI=1S/C35H34F2N6O12P2S/c1-18-5-9-20(10-6-18)29(46)21-11-7-19(8-12-21)15-58-57(49)51-14-23-30(27(37)34(53-23)43-24(44)3-2-4-25(43)45)54-56(47,48)50-13-22-26(36)31(55-57)35(52-22)42-17-41-28-32(38)39-16-40-33(28)42/h2-3,5-12,16-17,22-23,26-27,30-31,34-35H,4,13-15H2,1H3,(H,47,48)(H2,38,39,40)/t22-,23-,26-,27-,30-,31-,34?,35?,57?/m1/s1. The number of ether oxygens (including phenoxy) is 2. The summed E-state index contributed by atoms with van der Waals surface area (Å²) in [6.07, 6.45) is -10.8. The molecule has 2 amide bonds. The Balaban J connectivity index is 1.11. The second-order valence-corrected chi connectivity index (χ2v) is 19.1. The normalized spacial score (nSPS) is 33.1. The molecule has 0 aliphatic carbocycles. The Kier molecular flexibility index (Phi) is 11.2. The Morgan fingerprint density at radius 1 is 0.914 bits per heavy atom. The van der Waals surface area contributed by atoms with E-state index in [4.69, 9.17) is 33.3 Å². The van der Waals surface area contributed by atoms with Gasteiger partial charge in [0, 0.05) is 29.4 Å². The minimum atomic E-state index is -5.28. The summed E-state index contributed by atoms with van der Waals surface area (Å²) in [6, 6.07) is 13.5. The van der Waals surface area contributed by atoms with Gasteiger partial charge in [-0.25, -0.2) is 37.8 Å². The monoisotopic (exact) mass is 862 g/mol. The molecule has 58 heavy (non-hydrogen) atoms. The molecule has 0 radical (unpaired) electrons. The highest BCUT2D eigenvalue weighted by Crippen LogP contribution is 2.65. The quantitative estimate of drug-likeness (QED) is 0.148. The summed E-state index contributed by atoms with van der Waals surface area (Å²) in [5, 5.41) is 0. The summed E-state index contributed by atoms with van der Waals surface area (Å²) >= 11 is 0.610. The molecule has 2 bridgehead atoms. The van der Waals surface area contributed by atoms with Crippen molar-refractivity contribution in [3.05, 3.63) is 95.6 Å². The number of imidazole rings is 1. The maximum absolute atomic E-state index is 16.5. The fraction of sp³-hybridized carbons (Fsp3) is 0.371. The Morgan fingerprint density at radius 2 is 1.60 bits per heavy atom. The smallest absolute Gasteiger partial charge is 0.382 e. The molecule has 2 aromatic heterocycles. The Bertz CT molecular complexity index is 2380. The van der Waals surface area contributed by atoms with Crippen LogP contribution in [0.1, 0.15) is 39.7 Å². The molecular weight excluding hydrogens is 828 g/mol. The molecular formula is C35H34F2N6O12P2S. The molecule has 3 fully saturated rings. The van der Waals surface area contributed by atoms with Gasteiger partial charge in [0.25, 0.3) is 5.91 Å². The van der Waals surface area contributed by atoms with Crippen molar-refractivity contribution in [1.82, 2.24) is 24.4 Å². The number of amides is 2. The summed E-state index contributed by atoms with van der Waals surface area (Å²) in [6.45, 7) is -4.57. The van der Waals surface area contributed by atoms with Gasteiger partial charge in [-0.1, -0.05) is 60.2 Å². The molecule has 10 atom stereocenters. The maximum Gasteiger partial charge on any atom is 0.472 e. The van der Waals surface area contributed by atoms with Gasteiger partial charge in [-0.2, -0.15) is 0 Å². The second-order valence-electron chi connectivity index (χ2n) is 13.6. The van der Waals surface area contributed by atoms with Gasteiger partial charge in [0.15, 0.2) is 42.0 Å². The number of nitrogen functional groups attached to an aromatic ring is 1. The molecule has 306 valence electrons. The fourth-order valence-corrected chi connectivity index (χ4v) is 11.1. The van der Waals surface area contributed by atoms with Crippen LogP contribution < -0.4 is 5.73 Å². The van der Waals surface area contributed by atoms with Crippen LogP contribution in [-0.4, -0.2) is 103 Å². The number of benzene rings is 2. The first kappa shape index (κ1) is 40.5. The average molecular weight is 863 g/mol. The lowest BCUT2D eigenvalue weighted by atomic mass is 10.0. The van der Waals surface area contributed by atoms with Crippen molar-refractivity contribution < 1.29 is 64.8 Å². The molecule has 4 aromatic rings. The third-order valence-corrected chi connectivity index (χ3v) is 14.4. The predicted molar refractivity (Wildman–Crippen MR) is 199 cm³/mol. The molecule has 0 saturated carbocycles. The van der Waals surface area contributed by atoms with E-state index < -0.39 is 88.9 Å². The number of phosphoric acid groups is 1. The number of nitrogens with zero attached hydrogens (tertiary/aromatic N) is 5. The van der Waals surface area contributed by atoms with Crippen molar-refractivity contribution in [1.29, 1.82) is 0 Å². The number of rotatable bonds is 7. The number of imide groups is 1. The van der Waals surface area contributed by atoms with E-state index in [1.807, 2.05) is 19.1 Å². The summed E-state index contributed by atoms with van der Waals surface area (Å²) < 4.78 is 95.9. The summed E-state index contributed by atoms with van der Waals surface area (Å²) in [7, 11) is -5.28. The molecule has 18 nitrogen and oxygen atoms in total. The van der Waals surface area contributed by atoms with Crippen LogP contribution in [-0.2, 0) is 52.0 Å². The minimum Gasteiger partial charge on any atom is -0.382 e. The highest BCUT2D eigenvalue weighted by atomic mass is 32.7. The van der Waals surface area contributed by atoms with E-state index in [1.54, 1.807) is 36.4 Å². The van der Waals surface area contributed by atoms with Gasteiger partial charge >= 0.3 is 14.6 Å². The van der Waals surface area contributed by atoms with E-state index in [0.717, 1.165) is 18.0 Å².